The maximum Gasteiger partial charge on any atom is 0.0878 e. The first kappa shape index (κ1) is 8.93. The summed E-state index contributed by atoms with van der Waals surface area (Å²) < 4.78 is 11.5. The molecule has 7 unspecified atom stereocenters. The summed E-state index contributed by atoms with van der Waals surface area (Å²) in [6, 6.07) is 0. The monoisotopic (exact) mass is 220 g/mol. The Balaban J connectivity index is 1.39. The molecule has 0 amide bonds. The van der Waals surface area contributed by atoms with Gasteiger partial charge in [0.05, 0.1) is 24.4 Å². The van der Waals surface area contributed by atoms with Crippen molar-refractivity contribution in [3.05, 3.63) is 0 Å². The number of fused-ring (bicyclic) bond motifs is 6. The molecule has 2 bridgehead atoms. The number of rotatable bonds is 1. The van der Waals surface area contributed by atoms with Crippen LogP contribution in [0, 0.1) is 29.6 Å². The van der Waals surface area contributed by atoms with E-state index in [1.165, 1.54) is 25.7 Å². The van der Waals surface area contributed by atoms with E-state index in [2.05, 4.69) is 6.92 Å². The van der Waals surface area contributed by atoms with Crippen LogP contribution in [0.4, 0.5) is 0 Å². The maximum atomic E-state index is 5.84. The molecular formula is C14H20O2. The molecule has 0 N–H and O–H groups in total. The van der Waals surface area contributed by atoms with Crippen LogP contribution in [0.1, 0.15) is 32.6 Å². The van der Waals surface area contributed by atoms with Gasteiger partial charge in [0.1, 0.15) is 0 Å². The van der Waals surface area contributed by atoms with Crippen molar-refractivity contribution in [3.8, 4) is 0 Å². The van der Waals surface area contributed by atoms with Gasteiger partial charge in [0, 0.05) is 0 Å². The average molecular weight is 220 g/mol. The van der Waals surface area contributed by atoms with E-state index in [-0.39, 0.29) is 0 Å². The molecule has 0 aromatic heterocycles. The molecule has 0 radical (unpaired) electrons. The van der Waals surface area contributed by atoms with E-state index in [1.807, 2.05) is 0 Å². The number of ether oxygens (including phenoxy) is 2. The molecule has 2 nitrogen and oxygen atoms in total. The highest BCUT2D eigenvalue weighted by atomic mass is 16.6. The minimum Gasteiger partial charge on any atom is -0.370 e. The van der Waals surface area contributed by atoms with Gasteiger partial charge in [-0.2, -0.15) is 0 Å². The van der Waals surface area contributed by atoms with Gasteiger partial charge in [-0.05, 0) is 55.3 Å². The van der Waals surface area contributed by atoms with Crippen LogP contribution in [0.15, 0.2) is 0 Å². The van der Waals surface area contributed by atoms with Gasteiger partial charge in [0.15, 0.2) is 0 Å². The Bertz CT molecular complexity index is 342. The second kappa shape index (κ2) is 2.67. The molecule has 0 spiro atoms. The SMILES string of the molecule is C[C@@H]1C2CC(C3CCC4OC4C3)[C@H]1C1OC12. The van der Waals surface area contributed by atoms with Crippen molar-refractivity contribution >= 4 is 0 Å². The molecule has 2 heterocycles. The van der Waals surface area contributed by atoms with E-state index in [1.54, 1.807) is 0 Å². The molecule has 2 heteroatoms. The third-order valence-electron chi connectivity index (χ3n) is 6.33. The fourth-order valence-electron chi connectivity index (χ4n) is 5.46. The molecule has 3 saturated carbocycles. The summed E-state index contributed by atoms with van der Waals surface area (Å²) in [6.45, 7) is 2.48. The molecule has 5 fully saturated rings. The Kier molecular flexibility index (Phi) is 1.49. The first-order valence-electron chi connectivity index (χ1n) is 7.14. The largest absolute Gasteiger partial charge is 0.370 e. The van der Waals surface area contributed by atoms with E-state index in [0.717, 1.165) is 29.6 Å². The molecule has 5 aliphatic rings. The van der Waals surface area contributed by atoms with Gasteiger partial charge in [0.25, 0.3) is 0 Å². The summed E-state index contributed by atoms with van der Waals surface area (Å²) in [5.41, 5.74) is 0. The Labute approximate surface area is 96.7 Å². The molecule has 16 heavy (non-hydrogen) atoms. The molecule has 2 aliphatic heterocycles. The zero-order valence-corrected chi connectivity index (χ0v) is 9.84. The van der Waals surface area contributed by atoms with Gasteiger partial charge < -0.3 is 9.47 Å². The van der Waals surface area contributed by atoms with Gasteiger partial charge in [-0.15, -0.1) is 0 Å². The quantitative estimate of drug-likeness (QED) is 0.633. The van der Waals surface area contributed by atoms with Crippen molar-refractivity contribution in [2.24, 2.45) is 29.6 Å². The Morgan fingerprint density at radius 3 is 2.56 bits per heavy atom. The number of epoxide rings is 2. The van der Waals surface area contributed by atoms with E-state index < -0.39 is 0 Å². The molecule has 3 aliphatic carbocycles. The number of hydrogen-bond acceptors (Lipinski definition) is 2. The molecule has 0 aromatic rings. The van der Waals surface area contributed by atoms with Crippen molar-refractivity contribution in [2.45, 2.75) is 57.0 Å². The minimum atomic E-state index is 0.657. The summed E-state index contributed by atoms with van der Waals surface area (Å²) in [6.07, 6.45) is 8.28. The lowest BCUT2D eigenvalue weighted by Gasteiger charge is -2.31. The molecule has 0 aromatic carbocycles. The van der Waals surface area contributed by atoms with Gasteiger partial charge >= 0.3 is 0 Å². The van der Waals surface area contributed by atoms with Crippen molar-refractivity contribution in [2.75, 3.05) is 0 Å². The van der Waals surface area contributed by atoms with Crippen molar-refractivity contribution in [1.29, 1.82) is 0 Å². The molecule has 2 saturated heterocycles. The van der Waals surface area contributed by atoms with Crippen molar-refractivity contribution in [1.82, 2.24) is 0 Å². The maximum absolute atomic E-state index is 5.84. The topological polar surface area (TPSA) is 25.1 Å². The van der Waals surface area contributed by atoms with Gasteiger partial charge in [-0.1, -0.05) is 6.92 Å². The van der Waals surface area contributed by atoms with Crippen LogP contribution in [0.2, 0.25) is 0 Å². The summed E-state index contributed by atoms with van der Waals surface area (Å²) >= 11 is 0. The summed E-state index contributed by atoms with van der Waals surface area (Å²) in [4.78, 5) is 0. The lowest BCUT2D eigenvalue weighted by atomic mass is 9.72. The highest BCUT2D eigenvalue weighted by Gasteiger charge is 2.68. The van der Waals surface area contributed by atoms with E-state index in [9.17, 15) is 0 Å². The van der Waals surface area contributed by atoms with Crippen LogP contribution in [-0.4, -0.2) is 24.4 Å². The third-order valence-corrected chi connectivity index (χ3v) is 6.33. The predicted molar refractivity (Wildman–Crippen MR) is 58.9 cm³/mol. The van der Waals surface area contributed by atoms with Gasteiger partial charge in [-0.25, -0.2) is 0 Å². The lowest BCUT2D eigenvalue weighted by Crippen LogP contribution is -2.29. The van der Waals surface area contributed by atoms with Crippen LogP contribution in [0.3, 0.4) is 0 Å². The third kappa shape index (κ3) is 0.971. The Hall–Kier alpha value is -0.0800. The summed E-state index contributed by atoms with van der Waals surface area (Å²) in [7, 11) is 0. The minimum absolute atomic E-state index is 0.657. The van der Waals surface area contributed by atoms with Crippen LogP contribution >= 0.6 is 0 Å². The van der Waals surface area contributed by atoms with Gasteiger partial charge in [0.2, 0.25) is 0 Å². The summed E-state index contributed by atoms with van der Waals surface area (Å²) in [5.74, 6) is 4.72. The highest BCUT2D eigenvalue weighted by molar-refractivity contribution is 5.15. The van der Waals surface area contributed by atoms with Gasteiger partial charge in [-0.3, -0.25) is 0 Å². The van der Waals surface area contributed by atoms with Crippen LogP contribution in [-0.2, 0) is 9.47 Å². The molecule has 88 valence electrons. The second-order valence-electron chi connectivity index (χ2n) is 6.85. The van der Waals surface area contributed by atoms with Crippen LogP contribution < -0.4 is 0 Å². The standard InChI is InChI=1S/C14H20O2/c1-6-8-5-9(12(6)14-13(8)16-14)7-2-3-10-11(4-7)15-10/h6-14H,2-5H2,1H3/t6-,7?,8?,9?,10?,11?,12+,13?,14?/m1/s1. The number of hydrogen-bond donors (Lipinski definition) is 0. The lowest BCUT2D eigenvalue weighted by molar-refractivity contribution is 0.155. The second-order valence-corrected chi connectivity index (χ2v) is 6.85. The normalized spacial score (nSPS) is 69.9. The zero-order chi connectivity index (χ0) is 10.4. The molecule has 5 rings (SSSR count). The van der Waals surface area contributed by atoms with E-state index in [0.29, 0.717) is 24.4 Å². The van der Waals surface area contributed by atoms with Crippen molar-refractivity contribution < 1.29 is 9.47 Å². The van der Waals surface area contributed by atoms with Crippen LogP contribution in [0.5, 0.6) is 0 Å². The summed E-state index contributed by atoms with van der Waals surface area (Å²) in [5, 5.41) is 0. The smallest absolute Gasteiger partial charge is 0.0878 e. The van der Waals surface area contributed by atoms with Crippen molar-refractivity contribution in [3.63, 3.8) is 0 Å². The van der Waals surface area contributed by atoms with E-state index >= 15 is 0 Å². The highest BCUT2D eigenvalue weighted by Crippen LogP contribution is 2.64. The Morgan fingerprint density at radius 2 is 1.81 bits per heavy atom. The first-order chi connectivity index (χ1) is 7.83. The molecule has 9 atom stereocenters. The van der Waals surface area contributed by atoms with E-state index in [4.69, 9.17) is 9.47 Å². The zero-order valence-electron chi connectivity index (χ0n) is 9.84. The fraction of sp³-hybridized carbons (Fsp3) is 1.00. The Morgan fingerprint density at radius 1 is 0.875 bits per heavy atom. The van der Waals surface area contributed by atoms with Crippen LogP contribution in [0.25, 0.3) is 0 Å². The average Bonchev–Trinajstić information content (AvgIpc) is 3.19. The predicted octanol–water partition coefficient (Wildman–Crippen LogP) is 2.22. The first-order valence-corrected chi connectivity index (χ1v) is 7.14. The molecular weight excluding hydrogens is 200 g/mol. The fourth-order valence-corrected chi connectivity index (χ4v) is 5.46.